The van der Waals surface area contributed by atoms with E-state index in [1.165, 1.54) is 12.1 Å². The van der Waals surface area contributed by atoms with Gasteiger partial charge in [0.15, 0.2) is 0 Å². The number of nitrogens with zero attached hydrogens (tertiary/aromatic N) is 1. The normalized spacial score (nSPS) is 15.5. The number of aryl methyl sites for hydroxylation is 1. The summed E-state index contributed by atoms with van der Waals surface area (Å²) >= 11 is 0. The number of benzene rings is 3. The van der Waals surface area contributed by atoms with Crippen LogP contribution in [0.2, 0.25) is 0 Å². The van der Waals surface area contributed by atoms with Crippen LogP contribution in [0.1, 0.15) is 17.5 Å². The van der Waals surface area contributed by atoms with Gasteiger partial charge in [-0.1, -0.05) is 18.2 Å². The molecule has 3 aromatic carbocycles. The minimum absolute atomic E-state index is 0.0319. The monoisotopic (exact) mass is 458 g/mol. The van der Waals surface area contributed by atoms with Crippen LogP contribution in [0.15, 0.2) is 75.4 Å². The third-order valence-corrected chi connectivity index (χ3v) is 8.42. The van der Waals surface area contributed by atoms with Crippen molar-refractivity contribution in [2.45, 2.75) is 35.0 Å². The van der Waals surface area contributed by atoms with Crippen molar-refractivity contribution in [3.05, 3.63) is 77.6 Å². The number of sulfonamides is 1. The number of hydrogen-bond donors (Lipinski definition) is 1. The molecule has 8 heteroatoms. The highest BCUT2D eigenvalue weighted by Gasteiger charge is 2.29. The summed E-state index contributed by atoms with van der Waals surface area (Å²) in [5, 5.41) is 0. The van der Waals surface area contributed by atoms with Crippen molar-refractivity contribution in [1.82, 2.24) is 4.72 Å². The summed E-state index contributed by atoms with van der Waals surface area (Å²) in [6.07, 6.45) is 0.536. The Hall–Kier alpha value is -2.55. The molecule has 1 aliphatic heterocycles. The number of para-hydroxylation sites is 1. The van der Waals surface area contributed by atoms with Gasteiger partial charge in [-0.3, -0.25) is 0 Å². The van der Waals surface area contributed by atoms with Gasteiger partial charge in [0.1, 0.15) is 5.82 Å². The first-order valence-corrected chi connectivity index (χ1v) is 12.6. The maximum absolute atomic E-state index is 13.1. The minimum Gasteiger partial charge on any atom is -0.339 e. The van der Waals surface area contributed by atoms with Gasteiger partial charge in [0.2, 0.25) is 10.0 Å². The van der Waals surface area contributed by atoms with E-state index < -0.39 is 26.6 Å². The Labute approximate surface area is 184 Å². The summed E-state index contributed by atoms with van der Waals surface area (Å²) in [6, 6.07) is 16.2. The molecule has 4 rings (SSSR count). The fourth-order valence-electron chi connectivity index (χ4n) is 3.71. The second-order valence-electron chi connectivity index (χ2n) is 7.45. The Kier molecular flexibility index (Phi) is 5.96. The number of anilines is 2. The SMILES string of the molecule is Cc1ccc2c(c1C)N(CCCNS(=O)(=O)c1ccc(F)cc1)c1ccccc1S2=O. The number of hydrogen-bond acceptors (Lipinski definition) is 4. The van der Waals surface area contributed by atoms with Crippen LogP contribution in [-0.2, 0) is 20.8 Å². The first-order valence-electron chi connectivity index (χ1n) is 9.93. The summed E-state index contributed by atoms with van der Waals surface area (Å²) in [7, 11) is -4.97. The van der Waals surface area contributed by atoms with Crippen LogP contribution in [0.3, 0.4) is 0 Å². The molecule has 0 aromatic heterocycles. The van der Waals surface area contributed by atoms with Gasteiger partial charge in [-0.15, -0.1) is 0 Å². The highest BCUT2D eigenvalue weighted by Crippen LogP contribution is 2.44. The Morgan fingerprint density at radius 2 is 1.68 bits per heavy atom. The lowest BCUT2D eigenvalue weighted by molar-refractivity contribution is 0.578. The van der Waals surface area contributed by atoms with E-state index in [4.69, 9.17) is 0 Å². The van der Waals surface area contributed by atoms with E-state index in [0.717, 1.165) is 44.4 Å². The largest absolute Gasteiger partial charge is 0.339 e. The predicted molar refractivity (Wildman–Crippen MR) is 120 cm³/mol. The Morgan fingerprint density at radius 1 is 0.968 bits per heavy atom. The van der Waals surface area contributed by atoms with Crippen molar-refractivity contribution in [3.63, 3.8) is 0 Å². The average molecular weight is 459 g/mol. The first-order chi connectivity index (χ1) is 14.8. The molecule has 1 N–H and O–H groups in total. The van der Waals surface area contributed by atoms with Gasteiger partial charge in [-0.25, -0.2) is 21.7 Å². The zero-order valence-corrected chi connectivity index (χ0v) is 18.9. The van der Waals surface area contributed by atoms with Gasteiger partial charge in [0.05, 0.1) is 36.9 Å². The van der Waals surface area contributed by atoms with Gasteiger partial charge >= 0.3 is 0 Å². The molecule has 0 radical (unpaired) electrons. The van der Waals surface area contributed by atoms with E-state index in [9.17, 15) is 17.0 Å². The van der Waals surface area contributed by atoms with Crippen LogP contribution in [0.25, 0.3) is 0 Å². The Morgan fingerprint density at radius 3 is 2.42 bits per heavy atom. The summed E-state index contributed by atoms with van der Waals surface area (Å²) < 4.78 is 53.7. The van der Waals surface area contributed by atoms with E-state index in [0.29, 0.717) is 13.0 Å². The number of rotatable bonds is 6. The van der Waals surface area contributed by atoms with E-state index in [1.54, 1.807) is 0 Å². The van der Waals surface area contributed by atoms with Crippen LogP contribution in [0.4, 0.5) is 15.8 Å². The van der Waals surface area contributed by atoms with Crippen LogP contribution in [0, 0.1) is 19.7 Å². The summed E-state index contributed by atoms with van der Waals surface area (Å²) in [5.41, 5.74) is 3.98. The fraction of sp³-hybridized carbons (Fsp3) is 0.217. The molecule has 0 aliphatic carbocycles. The van der Waals surface area contributed by atoms with Crippen molar-refractivity contribution >= 4 is 32.2 Å². The van der Waals surface area contributed by atoms with E-state index in [-0.39, 0.29) is 11.4 Å². The maximum atomic E-state index is 13.1. The van der Waals surface area contributed by atoms with Gasteiger partial charge in [-0.2, -0.15) is 0 Å². The van der Waals surface area contributed by atoms with Gasteiger partial charge in [0, 0.05) is 13.1 Å². The molecule has 0 spiro atoms. The average Bonchev–Trinajstić information content (AvgIpc) is 2.76. The zero-order chi connectivity index (χ0) is 22.2. The Balaban J connectivity index is 1.55. The number of halogens is 1. The molecule has 1 atom stereocenters. The number of fused-ring (bicyclic) bond motifs is 2. The molecule has 0 saturated carbocycles. The molecular formula is C23H23FN2O3S2. The fourth-order valence-corrected chi connectivity index (χ4v) is 6.22. The second kappa shape index (κ2) is 8.53. The zero-order valence-electron chi connectivity index (χ0n) is 17.3. The molecule has 1 aliphatic rings. The Bertz CT molecular complexity index is 1260. The van der Waals surface area contributed by atoms with Crippen LogP contribution >= 0.6 is 0 Å². The molecule has 0 bridgehead atoms. The molecule has 3 aromatic rings. The molecular weight excluding hydrogens is 435 g/mol. The quantitative estimate of drug-likeness (QED) is 0.555. The highest BCUT2D eigenvalue weighted by atomic mass is 32.2. The van der Waals surface area contributed by atoms with E-state index >= 15 is 0 Å². The molecule has 0 fully saturated rings. The summed E-state index contributed by atoms with van der Waals surface area (Å²) in [5.74, 6) is -0.482. The van der Waals surface area contributed by atoms with Gasteiger partial charge in [0.25, 0.3) is 0 Å². The molecule has 0 amide bonds. The van der Waals surface area contributed by atoms with Crippen molar-refractivity contribution in [3.8, 4) is 0 Å². The van der Waals surface area contributed by atoms with Crippen LogP contribution in [0.5, 0.6) is 0 Å². The van der Waals surface area contributed by atoms with E-state index in [2.05, 4.69) is 9.62 Å². The molecule has 1 heterocycles. The molecule has 0 saturated heterocycles. The molecule has 162 valence electrons. The lowest BCUT2D eigenvalue weighted by Crippen LogP contribution is -2.30. The smallest absolute Gasteiger partial charge is 0.240 e. The number of nitrogens with one attached hydrogen (secondary N) is 1. The third kappa shape index (κ3) is 4.15. The summed E-state index contributed by atoms with van der Waals surface area (Å²) in [6.45, 7) is 4.82. The van der Waals surface area contributed by atoms with E-state index in [1.807, 2.05) is 50.2 Å². The van der Waals surface area contributed by atoms with Gasteiger partial charge in [-0.05, 0) is 73.9 Å². The third-order valence-electron chi connectivity index (χ3n) is 5.46. The molecule has 31 heavy (non-hydrogen) atoms. The standard InChI is InChI=1S/C23H23FN2O3S2/c1-16-8-13-22-23(17(16)2)26(20-6-3-4-7-21(20)30(22)27)15-5-14-25-31(28,29)19-11-9-18(24)10-12-19/h3-4,6-13,25H,5,14-15H2,1-2H3. The molecule has 1 unspecified atom stereocenters. The lowest BCUT2D eigenvalue weighted by atomic mass is 10.1. The van der Waals surface area contributed by atoms with Crippen LogP contribution in [-0.4, -0.2) is 25.7 Å². The highest BCUT2D eigenvalue weighted by molar-refractivity contribution is 7.89. The second-order valence-corrected chi connectivity index (χ2v) is 10.6. The minimum atomic E-state index is -3.71. The van der Waals surface area contributed by atoms with Crippen molar-refractivity contribution < 1.29 is 17.0 Å². The topological polar surface area (TPSA) is 66.5 Å². The molecule has 5 nitrogen and oxygen atoms in total. The lowest BCUT2D eigenvalue weighted by Gasteiger charge is -2.34. The maximum Gasteiger partial charge on any atom is 0.240 e. The first kappa shape index (κ1) is 21.7. The van der Waals surface area contributed by atoms with Crippen molar-refractivity contribution in [2.24, 2.45) is 0 Å². The van der Waals surface area contributed by atoms with Crippen molar-refractivity contribution in [1.29, 1.82) is 0 Å². The van der Waals surface area contributed by atoms with Gasteiger partial charge < -0.3 is 4.90 Å². The summed E-state index contributed by atoms with van der Waals surface area (Å²) in [4.78, 5) is 3.68. The predicted octanol–water partition coefficient (Wildman–Crippen LogP) is 4.43. The van der Waals surface area contributed by atoms with Crippen LogP contribution < -0.4 is 9.62 Å². The van der Waals surface area contributed by atoms with Crippen molar-refractivity contribution in [2.75, 3.05) is 18.0 Å².